The number of pyridine rings is 1. The van der Waals surface area contributed by atoms with Crippen LogP contribution in [0.1, 0.15) is 44.6 Å². The van der Waals surface area contributed by atoms with Gasteiger partial charge in [-0.25, -0.2) is 4.98 Å². The minimum Gasteiger partial charge on any atom is -0.393 e. The van der Waals surface area contributed by atoms with Crippen molar-refractivity contribution in [2.24, 2.45) is 4.99 Å². The normalized spacial score (nSPS) is 20.2. The summed E-state index contributed by atoms with van der Waals surface area (Å²) in [6.07, 6.45) is 0.457. The fourth-order valence-corrected chi connectivity index (χ4v) is 2.89. The minimum absolute atomic E-state index is 0. The van der Waals surface area contributed by atoms with Crippen LogP contribution in [-0.2, 0) is 6.18 Å². The molecule has 1 aliphatic carbocycles. The number of aliphatic imine (C=N–C) groups is 1. The van der Waals surface area contributed by atoms with Gasteiger partial charge in [0.1, 0.15) is 5.82 Å². The number of halogens is 4. The molecule has 0 saturated heterocycles. The maximum absolute atomic E-state index is 12.5. The summed E-state index contributed by atoms with van der Waals surface area (Å²) in [6, 6.07) is 2.66. The first-order valence-electron chi connectivity index (χ1n) is 9.38. The largest absolute Gasteiger partial charge is 0.417 e. The fourth-order valence-electron chi connectivity index (χ4n) is 2.89. The maximum atomic E-state index is 12.5. The standard InChI is InChI=1S/C18H28F3N5O.HI/c1-2-22-17(26-14-5-7-15(27)8-6-14)24-11-3-10-23-16-9-4-13(12-25-16)18(19,20)21;/h4,9,12,14-15,27H,2-3,5-8,10-11H2,1H3,(H,23,25)(H2,22,24,26);1H. The van der Waals surface area contributed by atoms with E-state index in [4.69, 9.17) is 0 Å². The van der Waals surface area contributed by atoms with Gasteiger partial charge in [-0.15, -0.1) is 24.0 Å². The molecule has 0 spiro atoms. The van der Waals surface area contributed by atoms with Crippen molar-refractivity contribution in [2.75, 3.05) is 25.0 Å². The van der Waals surface area contributed by atoms with Crippen LogP contribution in [0, 0.1) is 0 Å². The van der Waals surface area contributed by atoms with Crippen molar-refractivity contribution in [3.8, 4) is 0 Å². The molecule has 1 fully saturated rings. The molecule has 0 unspecified atom stereocenters. The van der Waals surface area contributed by atoms with Gasteiger partial charge in [-0.3, -0.25) is 4.99 Å². The molecule has 0 bridgehead atoms. The van der Waals surface area contributed by atoms with E-state index in [9.17, 15) is 18.3 Å². The molecule has 0 amide bonds. The van der Waals surface area contributed by atoms with Gasteiger partial charge < -0.3 is 21.1 Å². The first kappa shape index (κ1) is 24.7. The molecule has 1 saturated carbocycles. The lowest BCUT2D eigenvalue weighted by Crippen LogP contribution is -2.45. The van der Waals surface area contributed by atoms with Crippen LogP contribution < -0.4 is 16.0 Å². The number of hydrogen-bond acceptors (Lipinski definition) is 4. The number of aromatic nitrogens is 1. The Balaban J connectivity index is 0.00000392. The lowest BCUT2D eigenvalue weighted by Gasteiger charge is -2.27. The number of alkyl halides is 3. The SMILES string of the molecule is CCNC(=NCCCNc1ccc(C(F)(F)F)cn1)NC1CCC(O)CC1.I. The van der Waals surface area contributed by atoms with E-state index in [0.29, 0.717) is 24.9 Å². The second kappa shape index (κ2) is 12.3. The van der Waals surface area contributed by atoms with Crippen LogP contribution in [0.2, 0.25) is 0 Å². The number of anilines is 1. The van der Waals surface area contributed by atoms with Crippen molar-refractivity contribution in [1.82, 2.24) is 15.6 Å². The molecule has 28 heavy (non-hydrogen) atoms. The number of guanidine groups is 1. The third-order valence-electron chi connectivity index (χ3n) is 4.38. The molecule has 1 aromatic rings. The number of rotatable bonds is 7. The molecule has 2 rings (SSSR count). The van der Waals surface area contributed by atoms with Crippen LogP contribution in [0.5, 0.6) is 0 Å². The summed E-state index contributed by atoms with van der Waals surface area (Å²) in [5.74, 6) is 1.17. The summed E-state index contributed by atoms with van der Waals surface area (Å²) in [5.41, 5.74) is -0.755. The van der Waals surface area contributed by atoms with Gasteiger partial charge in [0.05, 0.1) is 11.7 Å². The molecule has 6 nitrogen and oxygen atoms in total. The van der Waals surface area contributed by atoms with Crippen LogP contribution in [0.15, 0.2) is 23.3 Å². The van der Waals surface area contributed by atoms with Crippen molar-refractivity contribution in [3.05, 3.63) is 23.9 Å². The lowest BCUT2D eigenvalue weighted by molar-refractivity contribution is -0.137. The molecular weight excluding hydrogens is 486 g/mol. The molecule has 160 valence electrons. The fraction of sp³-hybridized carbons (Fsp3) is 0.667. The van der Waals surface area contributed by atoms with Crippen molar-refractivity contribution < 1.29 is 18.3 Å². The topological polar surface area (TPSA) is 81.6 Å². The third kappa shape index (κ3) is 8.80. The highest BCUT2D eigenvalue weighted by molar-refractivity contribution is 14.0. The molecule has 1 heterocycles. The number of nitrogens with one attached hydrogen (secondary N) is 3. The Morgan fingerprint density at radius 3 is 2.54 bits per heavy atom. The number of aliphatic hydroxyl groups excluding tert-OH is 1. The summed E-state index contributed by atoms with van der Waals surface area (Å²) in [4.78, 5) is 8.31. The zero-order valence-corrected chi connectivity index (χ0v) is 18.3. The number of hydrogen-bond donors (Lipinski definition) is 4. The summed E-state index contributed by atoms with van der Waals surface area (Å²) < 4.78 is 37.5. The smallest absolute Gasteiger partial charge is 0.393 e. The molecule has 0 atom stereocenters. The van der Waals surface area contributed by atoms with Gasteiger partial charge >= 0.3 is 6.18 Å². The average Bonchev–Trinajstić information content (AvgIpc) is 2.63. The summed E-state index contributed by atoms with van der Waals surface area (Å²) in [6.45, 7) is 3.91. The predicted molar refractivity (Wildman–Crippen MR) is 115 cm³/mol. The van der Waals surface area contributed by atoms with Crippen LogP contribution in [0.25, 0.3) is 0 Å². The monoisotopic (exact) mass is 515 g/mol. The Labute approximate surface area is 180 Å². The molecule has 0 radical (unpaired) electrons. The maximum Gasteiger partial charge on any atom is 0.417 e. The molecule has 0 aromatic carbocycles. The number of nitrogens with zero attached hydrogens (tertiary/aromatic N) is 2. The molecule has 10 heteroatoms. The molecule has 1 aromatic heterocycles. The molecular formula is C18H29F3IN5O. The molecule has 4 N–H and O–H groups in total. The number of aliphatic hydroxyl groups is 1. The highest BCUT2D eigenvalue weighted by atomic mass is 127. The summed E-state index contributed by atoms with van der Waals surface area (Å²) in [7, 11) is 0. The van der Waals surface area contributed by atoms with Crippen molar-refractivity contribution >= 4 is 35.8 Å². The van der Waals surface area contributed by atoms with E-state index in [1.165, 1.54) is 6.07 Å². The Morgan fingerprint density at radius 1 is 1.25 bits per heavy atom. The zero-order chi connectivity index (χ0) is 19.7. The molecule has 1 aliphatic rings. The van der Waals surface area contributed by atoms with Crippen molar-refractivity contribution in [3.63, 3.8) is 0 Å². The predicted octanol–water partition coefficient (Wildman–Crippen LogP) is 3.38. The minimum atomic E-state index is -4.37. The van der Waals surface area contributed by atoms with Crippen LogP contribution in [0.3, 0.4) is 0 Å². The van der Waals surface area contributed by atoms with Crippen LogP contribution >= 0.6 is 24.0 Å². The van der Waals surface area contributed by atoms with Gasteiger partial charge in [0.2, 0.25) is 0 Å². The van der Waals surface area contributed by atoms with Gasteiger partial charge in [0.25, 0.3) is 0 Å². The van der Waals surface area contributed by atoms with E-state index in [2.05, 4.69) is 25.9 Å². The van der Waals surface area contributed by atoms with E-state index in [1.54, 1.807) is 0 Å². The Kier molecular flexibility index (Phi) is 10.9. The van der Waals surface area contributed by atoms with E-state index in [-0.39, 0.29) is 30.1 Å². The van der Waals surface area contributed by atoms with Gasteiger partial charge in [-0.2, -0.15) is 13.2 Å². The molecule has 0 aliphatic heterocycles. The Bertz CT molecular complexity index is 590. The van der Waals surface area contributed by atoms with Gasteiger partial charge in [0, 0.05) is 31.9 Å². The van der Waals surface area contributed by atoms with Gasteiger partial charge in [-0.1, -0.05) is 0 Å². The van der Waals surface area contributed by atoms with Gasteiger partial charge in [-0.05, 0) is 51.2 Å². The van der Waals surface area contributed by atoms with E-state index >= 15 is 0 Å². The first-order valence-corrected chi connectivity index (χ1v) is 9.38. The van der Waals surface area contributed by atoms with Gasteiger partial charge in [0.15, 0.2) is 5.96 Å². The summed E-state index contributed by atoms with van der Waals surface area (Å²) in [5, 5.41) is 19.2. The Morgan fingerprint density at radius 2 is 1.96 bits per heavy atom. The first-order chi connectivity index (χ1) is 12.9. The average molecular weight is 515 g/mol. The van der Waals surface area contributed by atoms with Crippen molar-refractivity contribution in [1.29, 1.82) is 0 Å². The quantitative estimate of drug-likeness (QED) is 0.194. The highest BCUT2D eigenvalue weighted by Gasteiger charge is 2.30. The summed E-state index contributed by atoms with van der Waals surface area (Å²) >= 11 is 0. The Hall–Kier alpha value is -1.30. The zero-order valence-electron chi connectivity index (χ0n) is 15.9. The van der Waals surface area contributed by atoms with E-state index < -0.39 is 11.7 Å². The highest BCUT2D eigenvalue weighted by Crippen LogP contribution is 2.28. The van der Waals surface area contributed by atoms with Crippen molar-refractivity contribution in [2.45, 2.75) is 57.3 Å². The second-order valence-electron chi connectivity index (χ2n) is 6.62. The van der Waals surface area contributed by atoms with E-state index in [1.807, 2.05) is 6.92 Å². The van der Waals surface area contributed by atoms with E-state index in [0.717, 1.165) is 56.9 Å². The van der Waals surface area contributed by atoms with Crippen LogP contribution in [0.4, 0.5) is 19.0 Å². The third-order valence-corrected chi connectivity index (χ3v) is 4.38. The lowest BCUT2D eigenvalue weighted by atomic mass is 9.93. The van der Waals surface area contributed by atoms with Crippen LogP contribution in [-0.4, -0.2) is 47.8 Å². The second-order valence-corrected chi connectivity index (χ2v) is 6.62.